The van der Waals surface area contributed by atoms with Crippen molar-refractivity contribution in [1.29, 1.82) is 5.26 Å². The van der Waals surface area contributed by atoms with Gasteiger partial charge in [0, 0.05) is 11.6 Å². The Morgan fingerprint density at radius 1 is 1.14 bits per heavy atom. The molecule has 0 spiro atoms. The first kappa shape index (κ1) is 26.6. The van der Waals surface area contributed by atoms with E-state index >= 15 is 0 Å². The highest BCUT2D eigenvalue weighted by Crippen LogP contribution is 2.29. The van der Waals surface area contributed by atoms with Gasteiger partial charge in [-0.05, 0) is 74.2 Å². The Labute approximate surface area is 214 Å². The lowest BCUT2D eigenvalue weighted by atomic mass is 9.99. The summed E-state index contributed by atoms with van der Waals surface area (Å²) in [5.41, 5.74) is 0.681. The third-order valence-electron chi connectivity index (χ3n) is 5.93. The second-order valence-corrected chi connectivity index (χ2v) is 8.65. The zero-order chi connectivity index (χ0) is 26.6. The summed E-state index contributed by atoms with van der Waals surface area (Å²) < 4.78 is 17.4. The second-order valence-electron chi connectivity index (χ2n) is 8.24. The molecule has 2 aromatic carbocycles. The molecular formula is C27H27ClN2O6. The third kappa shape index (κ3) is 5.31. The predicted molar refractivity (Wildman–Crippen MR) is 136 cm³/mol. The molecule has 0 radical (unpaired) electrons. The van der Waals surface area contributed by atoms with E-state index < -0.39 is 23.3 Å². The van der Waals surface area contributed by atoms with E-state index in [-0.39, 0.29) is 23.2 Å². The van der Waals surface area contributed by atoms with E-state index in [1.807, 2.05) is 13.0 Å². The van der Waals surface area contributed by atoms with E-state index in [4.69, 9.17) is 25.8 Å². The average molecular weight is 511 g/mol. The Morgan fingerprint density at radius 2 is 1.83 bits per heavy atom. The van der Waals surface area contributed by atoms with E-state index in [1.54, 1.807) is 36.4 Å². The fraction of sp³-hybridized carbons (Fsp3) is 0.296. The molecule has 36 heavy (non-hydrogen) atoms. The highest BCUT2D eigenvalue weighted by molar-refractivity contribution is 6.31. The molecule has 9 heteroatoms. The number of benzene rings is 2. The molecule has 1 unspecified atom stereocenters. The maximum absolute atomic E-state index is 13.3. The minimum Gasteiger partial charge on any atom is -0.494 e. The maximum Gasteiger partial charge on any atom is 0.271 e. The van der Waals surface area contributed by atoms with E-state index in [2.05, 4.69) is 0 Å². The lowest BCUT2D eigenvalue weighted by Gasteiger charge is -2.19. The Balaban J connectivity index is 1.96. The first-order chi connectivity index (χ1) is 17.1. The molecule has 188 valence electrons. The first-order valence-corrected chi connectivity index (χ1v) is 11.5. The summed E-state index contributed by atoms with van der Waals surface area (Å²) in [5.74, 6) is 0.435. The summed E-state index contributed by atoms with van der Waals surface area (Å²) in [6.45, 7) is 4.84. The maximum atomic E-state index is 13.3. The number of ether oxygens (including phenoxy) is 3. The Kier molecular flexibility index (Phi) is 8.28. The summed E-state index contributed by atoms with van der Waals surface area (Å²) in [4.78, 5) is 26.3. The van der Waals surface area contributed by atoms with Crippen LogP contribution in [0.3, 0.4) is 0 Å². The number of aromatic nitrogens is 1. The number of carbonyl (C=O) groups is 1. The zero-order valence-corrected chi connectivity index (χ0v) is 21.5. The van der Waals surface area contributed by atoms with Crippen molar-refractivity contribution in [2.75, 3.05) is 14.2 Å². The fourth-order valence-corrected chi connectivity index (χ4v) is 4.00. The molecule has 1 N–H and O–H groups in total. The van der Waals surface area contributed by atoms with Crippen LogP contribution >= 0.6 is 11.6 Å². The van der Waals surface area contributed by atoms with Gasteiger partial charge < -0.3 is 19.3 Å². The number of hydrogen-bond acceptors (Lipinski definition) is 7. The topological polar surface area (TPSA) is 111 Å². The Bertz CT molecular complexity index is 1410. The van der Waals surface area contributed by atoms with Gasteiger partial charge in [0.15, 0.2) is 17.6 Å². The lowest BCUT2D eigenvalue weighted by Crippen LogP contribution is -2.31. The number of rotatable bonds is 9. The molecule has 0 saturated carbocycles. The van der Waals surface area contributed by atoms with Crippen LogP contribution in [0.25, 0.3) is 0 Å². The molecule has 1 atom stereocenters. The number of methoxy groups -OCH3 is 2. The van der Waals surface area contributed by atoms with Crippen LogP contribution in [0, 0.1) is 25.2 Å². The quantitative estimate of drug-likeness (QED) is 0.418. The molecule has 0 aliphatic carbocycles. The largest absolute Gasteiger partial charge is 0.494 e. The molecule has 1 aromatic heterocycles. The number of aromatic hydroxyl groups is 1. The predicted octanol–water partition coefficient (Wildman–Crippen LogP) is 4.61. The van der Waals surface area contributed by atoms with Crippen LogP contribution in [0.15, 0.2) is 41.2 Å². The van der Waals surface area contributed by atoms with E-state index in [0.29, 0.717) is 28.7 Å². The van der Waals surface area contributed by atoms with Crippen molar-refractivity contribution in [2.45, 2.75) is 39.8 Å². The molecule has 0 fully saturated rings. The van der Waals surface area contributed by atoms with Gasteiger partial charge in [-0.25, -0.2) is 0 Å². The lowest BCUT2D eigenvalue weighted by molar-refractivity contribution is 0.0812. The van der Waals surface area contributed by atoms with Gasteiger partial charge in [0.2, 0.25) is 11.7 Å². The molecular weight excluding hydrogens is 484 g/mol. The highest BCUT2D eigenvalue weighted by Gasteiger charge is 2.28. The molecule has 0 saturated heterocycles. The van der Waals surface area contributed by atoms with Crippen molar-refractivity contribution >= 4 is 17.4 Å². The number of hydrogen-bond donors (Lipinski definition) is 1. The Hall–Kier alpha value is -3.96. The van der Waals surface area contributed by atoms with Crippen LogP contribution < -0.4 is 19.8 Å². The summed E-state index contributed by atoms with van der Waals surface area (Å²) in [6, 6.07) is 12.2. The summed E-state index contributed by atoms with van der Waals surface area (Å²) >= 11 is 6.06. The molecule has 0 aliphatic rings. The van der Waals surface area contributed by atoms with Gasteiger partial charge in [-0.2, -0.15) is 5.26 Å². The number of ketones is 1. The number of aryl methyl sites for hydroxylation is 2. The van der Waals surface area contributed by atoms with Crippen molar-refractivity contribution in [2.24, 2.45) is 0 Å². The zero-order valence-electron chi connectivity index (χ0n) is 20.7. The van der Waals surface area contributed by atoms with Gasteiger partial charge in [-0.1, -0.05) is 17.7 Å². The first-order valence-electron chi connectivity index (χ1n) is 11.2. The SMILES string of the molecule is COc1ccc(CCn2c(O)c(C(=O)C(C)Oc3ccc(Cl)c(C)c3)c(C)c(C#N)c2=O)cc1OC. The summed E-state index contributed by atoms with van der Waals surface area (Å²) in [7, 11) is 3.05. The average Bonchev–Trinajstić information content (AvgIpc) is 2.86. The van der Waals surface area contributed by atoms with Crippen LogP contribution in [0.2, 0.25) is 5.02 Å². The van der Waals surface area contributed by atoms with Crippen molar-refractivity contribution in [3.05, 3.63) is 79.6 Å². The van der Waals surface area contributed by atoms with E-state index in [1.165, 1.54) is 28.1 Å². The number of Topliss-reactive ketones (excluding diaryl/α,β-unsaturated/α-hetero) is 1. The molecule has 3 aromatic rings. The molecule has 0 amide bonds. The number of carbonyl (C=O) groups excluding carboxylic acids is 1. The van der Waals surface area contributed by atoms with Crippen LogP contribution in [-0.4, -0.2) is 35.8 Å². The van der Waals surface area contributed by atoms with Gasteiger partial charge in [0.05, 0.1) is 19.8 Å². The molecule has 1 heterocycles. The van der Waals surface area contributed by atoms with Crippen LogP contribution in [0.1, 0.15) is 39.5 Å². The number of nitriles is 1. The minimum absolute atomic E-state index is 0.0288. The van der Waals surface area contributed by atoms with Crippen LogP contribution in [-0.2, 0) is 13.0 Å². The van der Waals surface area contributed by atoms with Gasteiger partial charge in [-0.15, -0.1) is 0 Å². The number of pyridine rings is 1. The van der Waals surface area contributed by atoms with Gasteiger partial charge in [0.1, 0.15) is 17.4 Å². The van der Waals surface area contributed by atoms with E-state index in [0.717, 1.165) is 15.7 Å². The monoisotopic (exact) mass is 510 g/mol. The van der Waals surface area contributed by atoms with Crippen LogP contribution in [0.5, 0.6) is 23.1 Å². The standard InChI is InChI=1S/C27H27ClN2O6/c1-15-12-19(7-8-21(15)28)36-17(3)25(31)24-16(2)20(14-29)26(32)30(27(24)33)11-10-18-6-9-22(34-4)23(13-18)35-5/h6-9,12-13,17,33H,10-11H2,1-5H3. The normalized spacial score (nSPS) is 11.5. The smallest absolute Gasteiger partial charge is 0.271 e. The van der Waals surface area contributed by atoms with Gasteiger partial charge in [-0.3, -0.25) is 14.2 Å². The fourth-order valence-electron chi connectivity index (χ4n) is 3.88. The summed E-state index contributed by atoms with van der Waals surface area (Å²) in [6.07, 6.45) is -0.676. The molecule has 0 aliphatic heterocycles. The van der Waals surface area contributed by atoms with Crippen molar-refractivity contribution in [3.63, 3.8) is 0 Å². The summed E-state index contributed by atoms with van der Waals surface area (Å²) in [5, 5.41) is 21.2. The van der Waals surface area contributed by atoms with Gasteiger partial charge in [0.25, 0.3) is 5.56 Å². The van der Waals surface area contributed by atoms with Crippen molar-refractivity contribution in [1.82, 2.24) is 4.57 Å². The number of halogens is 1. The number of nitrogens with zero attached hydrogens (tertiary/aromatic N) is 2. The molecule has 8 nitrogen and oxygen atoms in total. The van der Waals surface area contributed by atoms with Crippen molar-refractivity contribution in [3.8, 4) is 29.2 Å². The van der Waals surface area contributed by atoms with Crippen LogP contribution in [0.4, 0.5) is 0 Å². The highest BCUT2D eigenvalue weighted by atomic mass is 35.5. The third-order valence-corrected chi connectivity index (χ3v) is 6.35. The second kappa shape index (κ2) is 11.2. The van der Waals surface area contributed by atoms with Gasteiger partial charge >= 0.3 is 0 Å². The Morgan fingerprint density at radius 3 is 2.44 bits per heavy atom. The van der Waals surface area contributed by atoms with E-state index in [9.17, 15) is 20.0 Å². The minimum atomic E-state index is -1.00. The van der Waals surface area contributed by atoms with Crippen molar-refractivity contribution < 1.29 is 24.1 Å². The molecule has 3 rings (SSSR count). The molecule has 0 bridgehead atoms.